The third-order valence-electron chi connectivity index (χ3n) is 6.42. The van der Waals surface area contributed by atoms with Crippen molar-refractivity contribution in [2.45, 2.75) is 69.6 Å². The van der Waals surface area contributed by atoms with Crippen LogP contribution in [0.5, 0.6) is 0 Å². The van der Waals surface area contributed by atoms with Crippen molar-refractivity contribution in [3.05, 3.63) is 35.9 Å². The minimum Gasteiger partial charge on any atom is -0.376 e. The molecule has 4 rings (SSSR count). The quantitative estimate of drug-likeness (QED) is 0.752. The Bertz CT molecular complexity index is 583. The highest BCUT2D eigenvalue weighted by molar-refractivity contribution is 5.85. The van der Waals surface area contributed by atoms with Gasteiger partial charge in [0.25, 0.3) is 0 Å². The third-order valence-corrected chi connectivity index (χ3v) is 6.42. The molecule has 1 saturated carbocycles. The maximum Gasteiger partial charge on any atom is 0.239 e. The van der Waals surface area contributed by atoms with E-state index in [0.717, 1.165) is 51.3 Å². The van der Waals surface area contributed by atoms with Crippen LogP contribution in [-0.2, 0) is 16.0 Å². The lowest BCUT2D eigenvalue weighted by Gasteiger charge is -2.24. The number of rotatable bonds is 6. The molecule has 3 aliphatic rings. The molecule has 1 aromatic carbocycles. The molecule has 2 aliphatic heterocycles. The van der Waals surface area contributed by atoms with Gasteiger partial charge in [0.05, 0.1) is 12.1 Å². The van der Waals surface area contributed by atoms with E-state index in [0.29, 0.717) is 11.9 Å². The highest BCUT2D eigenvalue weighted by Crippen LogP contribution is 2.34. The van der Waals surface area contributed by atoms with E-state index in [9.17, 15) is 4.79 Å². The highest BCUT2D eigenvalue weighted by Gasteiger charge is 2.41. The Morgan fingerprint density at radius 1 is 1.15 bits per heavy atom. The fraction of sp³-hybridized carbons (Fsp3) is 0.682. The van der Waals surface area contributed by atoms with Crippen LogP contribution in [0.2, 0.25) is 0 Å². The summed E-state index contributed by atoms with van der Waals surface area (Å²) in [5, 5.41) is 3.62. The lowest BCUT2D eigenvalue weighted by atomic mass is 9.85. The first-order valence-electron chi connectivity index (χ1n) is 10.5. The van der Waals surface area contributed by atoms with Crippen LogP contribution < -0.4 is 5.32 Å². The van der Waals surface area contributed by atoms with Gasteiger partial charge in [-0.15, -0.1) is 12.4 Å². The van der Waals surface area contributed by atoms with Gasteiger partial charge in [-0.1, -0.05) is 43.2 Å². The molecule has 1 N–H and O–H groups in total. The van der Waals surface area contributed by atoms with Crippen molar-refractivity contribution in [2.75, 3.05) is 19.7 Å². The maximum absolute atomic E-state index is 12.9. The first-order chi connectivity index (χ1) is 12.8. The molecule has 1 aromatic rings. The number of nitrogens with one attached hydrogen (secondary N) is 1. The van der Waals surface area contributed by atoms with E-state index in [4.69, 9.17) is 4.74 Å². The van der Waals surface area contributed by atoms with Gasteiger partial charge in [0.1, 0.15) is 0 Å². The molecule has 4 unspecified atom stereocenters. The molecule has 2 heterocycles. The molecule has 1 amide bonds. The van der Waals surface area contributed by atoms with E-state index in [1.165, 1.54) is 31.2 Å². The average Bonchev–Trinajstić information content (AvgIpc) is 3.32. The van der Waals surface area contributed by atoms with Gasteiger partial charge in [-0.3, -0.25) is 4.79 Å². The molecule has 4 atom stereocenters. The molecule has 0 spiro atoms. The summed E-state index contributed by atoms with van der Waals surface area (Å²) >= 11 is 0. The van der Waals surface area contributed by atoms with Crippen molar-refractivity contribution in [1.82, 2.24) is 10.2 Å². The Balaban J connectivity index is 0.00000210. The summed E-state index contributed by atoms with van der Waals surface area (Å²) in [6.45, 7) is 2.42. The van der Waals surface area contributed by atoms with Gasteiger partial charge in [-0.05, 0) is 50.0 Å². The predicted octanol–water partition coefficient (Wildman–Crippen LogP) is 3.58. The van der Waals surface area contributed by atoms with Gasteiger partial charge in [-0.25, -0.2) is 0 Å². The molecule has 3 fully saturated rings. The molecule has 1 aliphatic carbocycles. The largest absolute Gasteiger partial charge is 0.376 e. The molecule has 27 heavy (non-hydrogen) atoms. The number of hydrogen-bond donors (Lipinski definition) is 1. The van der Waals surface area contributed by atoms with Crippen LogP contribution in [0.25, 0.3) is 0 Å². The number of likely N-dealkylation sites (tertiary alicyclic amines) is 1. The number of carbonyl (C=O) groups excluding carboxylic acids is 1. The summed E-state index contributed by atoms with van der Waals surface area (Å²) in [7, 11) is 0. The van der Waals surface area contributed by atoms with Crippen molar-refractivity contribution in [3.8, 4) is 0 Å². The molecular formula is C22H33ClN2O2. The molecule has 5 heteroatoms. The Labute approximate surface area is 169 Å². The third kappa shape index (κ3) is 5.24. The first kappa shape index (κ1) is 20.6. The SMILES string of the molecule is Cl.O=C(C1CC2CCCCC2N1)N1CCC(OCCCc2ccccc2)C1. The maximum atomic E-state index is 12.9. The van der Waals surface area contributed by atoms with Crippen molar-refractivity contribution < 1.29 is 9.53 Å². The second-order valence-corrected chi connectivity index (χ2v) is 8.26. The molecular weight excluding hydrogens is 360 g/mol. The van der Waals surface area contributed by atoms with Crippen LogP contribution in [0.4, 0.5) is 0 Å². The Kier molecular flexibility index (Phi) is 7.57. The predicted molar refractivity (Wildman–Crippen MR) is 110 cm³/mol. The number of carbonyl (C=O) groups is 1. The zero-order chi connectivity index (χ0) is 17.8. The van der Waals surface area contributed by atoms with E-state index in [-0.39, 0.29) is 24.6 Å². The second kappa shape index (κ2) is 9.90. The molecule has 0 radical (unpaired) electrons. The molecule has 2 saturated heterocycles. The molecule has 150 valence electrons. The van der Waals surface area contributed by atoms with Crippen molar-refractivity contribution in [3.63, 3.8) is 0 Å². The first-order valence-corrected chi connectivity index (χ1v) is 10.5. The number of ether oxygens (including phenoxy) is 1. The van der Waals surface area contributed by atoms with Gasteiger partial charge in [-0.2, -0.15) is 0 Å². The number of halogens is 1. The minimum atomic E-state index is 0. The number of amides is 1. The van der Waals surface area contributed by atoms with Crippen LogP contribution in [0.1, 0.15) is 50.5 Å². The summed E-state index contributed by atoms with van der Waals surface area (Å²) in [6.07, 6.45) is 9.56. The fourth-order valence-electron chi connectivity index (χ4n) is 4.97. The van der Waals surface area contributed by atoms with Crippen molar-refractivity contribution >= 4 is 18.3 Å². The highest BCUT2D eigenvalue weighted by atomic mass is 35.5. The van der Waals surface area contributed by atoms with Gasteiger partial charge in [0, 0.05) is 25.7 Å². The lowest BCUT2D eigenvalue weighted by molar-refractivity contribution is -0.132. The number of aryl methyl sites for hydroxylation is 1. The summed E-state index contributed by atoms with van der Waals surface area (Å²) in [4.78, 5) is 14.9. The standard InChI is InChI=1S/C22H32N2O2.ClH/c25-22(21-15-18-10-4-5-11-20(18)23-21)24-13-12-19(16-24)26-14-6-9-17-7-2-1-3-8-17;/h1-3,7-8,18-21,23H,4-6,9-16H2;1H. The zero-order valence-electron chi connectivity index (χ0n) is 16.1. The normalized spacial score (nSPS) is 30.0. The van der Waals surface area contributed by atoms with Crippen LogP contribution in [0.15, 0.2) is 30.3 Å². The van der Waals surface area contributed by atoms with Gasteiger partial charge in [0.2, 0.25) is 5.91 Å². The Hall–Kier alpha value is -1.10. The van der Waals surface area contributed by atoms with E-state index in [1.54, 1.807) is 0 Å². The number of fused-ring (bicyclic) bond motifs is 1. The number of benzene rings is 1. The summed E-state index contributed by atoms with van der Waals surface area (Å²) in [6, 6.07) is 11.2. The van der Waals surface area contributed by atoms with Gasteiger partial charge >= 0.3 is 0 Å². The van der Waals surface area contributed by atoms with E-state index in [2.05, 4.69) is 35.6 Å². The summed E-state index contributed by atoms with van der Waals surface area (Å²) in [5.41, 5.74) is 1.37. The number of hydrogen-bond acceptors (Lipinski definition) is 3. The van der Waals surface area contributed by atoms with Gasteiger partial charge < -0.3 is 15.0 Å². The van der Waals surface area contributed by atoms with E-state index >= 15 is 0 Å². The Morgan fingerprint density at radius 3 is 2.78 bits per heavy atom. The van der Waals surface area contributed by atoms with Crippen LogP contribution >= 0.6 is 12.4 Å². The van der Waals surface area contributed by atoms with E-state index < -0.39 is 0 Å². The van der Waals surface area contributed by atoms with Crippen molar-refractivity contribution in [2.24, 2.45) is 5.92 Å². The second-order valence-electron chi connectivity index (χ2n) is 8.26. The monoisotopic (exact) mass is 392 g/mol. The lowest BCUT2D eigenvalue weighted by Crippen LogP contribution is -2.45. The number of nitrogens with zero attached hydrogens (tertiary/aromatic N) is 1. The van der Waals surface area contributed by atoms with Crippen LogP contribution in [-0.4, -0.2) is 48.7 Å². The fourth-order valence-corrected chi connectivity index (χ4v) is 4.97. The molecule has 0 aromatic heterocycles. The minimum absolute atomic E-state index is 0. The summed E-state index contributed by atoms with van der Waals surface area (Å²) in [5.74, 6) is 1.04. The van der Waals surface area contributed by atoms with E-state index in [1.807, 2.05) is 4.90 Å². The van der Waals surface area contributed by atoms with Gasteiger partial charge in [0.15, 0.2) is 0 Å². The Morgan fingerprint density at radius 2 is 1.96 bits per heavy atom. The molecule has 0 bridgehead atoms. The molecule has 4 nitrogen and oxygen atoms in total. The summed E-state index contributed by atoms with van der Waals surface area (Å²) < 4.78 is 6.05. The van der Waals surface area contributed by atoms with Crippen molar-refractivity contribution in [1.29, 1.82) is 0 Å². The smallest absolute Gasteiger partial charge is 0.239 e. The topological polar surface area (TPSA) is 41.6 Å². The van der Waals surface area contributed by atoms with Crippen LogP contribution in [0, 0.1) is 5.92 Å². The van der Waals surface area contributed by atoms with Crippen LogP contribution in [0.3, 0.4) is 0 Å². The average molecular weight is 393 g/mol. The zero-order valence-corrected chi connectivity index (χ0v) is 17.0.